The Bertz CT molecular complexity index is 445. The molecule has 1 heterocycles. The van der Waals surface area contributed by atoms with Crippen LogP contribution < -0.4 is 9.64 Å². The summed E-state index contributed by atoms with van der Waals surface area (Å²) in [6, 6.07) is 7.72. The highest BCUT2D eigenvalue weighted by atomic mass is 79.9. The van der Waals surface area contributed by atoms with Gasteiger partial charge in [0.2, 0.25) is 0 Å². The first-order valence-electron chi connectivity index (χ1n) is 6.72. The van der Waals surface area contributed by atoms with Gasteiger partial charge < -0.3 is 9.64 Å². The van der Waals surface area contributed by atoms with E-state index in [-0.39, 0.29) is 6.54 Å². The van der Waals surface area contributed by atoms with E-state index in [9.17, 15) is 13.2 Å². The van der Waals surface area contributed by atoms with E-state index in [2.05, 4.69) is 20.8 Å². The van der Waals surface area contributed by atoms with Gasteiger partial charge in [0.1, 0.15) is 10.6 Å². The van der Waals surface area contributed by atoms with Crippen molar-refractivity contribution in [2.24, 2.45) is 0 Å². The number of nitrogens with zero attached hydrogens (tertiary/aromatic N) is 2. The molecule has 1 unspecified atom stereocenters. The Morgan fingerprint density at radius 1 is 1.14 bits per heavy atom. The molecule has 0 radical (unpaired) electrons. The van der Waals surface area contributed by atoms with Gasteiger partial charge in [-0.15, -0.1) is 0 Å². The predicted molar refractivity (Wildman–Crippen MR) is 80.4 cm³/mol. The molecule has 0 spiro atoms. The van der Waals surface area contributed by atoms with E-state index >= 15 is 0 Å². The minimum Gasteiger partial charge on any atom is -0.497 e. The summed E-state index contributed by atoms with van der Waals surface area (Å²) in [6.07, 6.45) is -4.19. The van der Waals surface area contributed by atoms with E-state index < -0.39 is 11.0 Å². The second kappa shape index (κ2) is 6.87. The van der Waals surface area contributed by atoms with Gasteiger partial charge in [0.15, 0.2) is 0 Å². The lowest BCUT2D eigenvalue weighted by Gasteiger charge is -2.37. The maximum absolute atomic E-state index is 12.5. The molecule has 21 heavy (non-hydrogen) atoms. The van der Waals surface area contributed by atoms with Crippen molar-refractivity contribution in [3.05, 3.63) is 24.3 Å². The van der Waals surface area contributed by atoms with Crippen molar-refractivity contribution >= 4 is 21.6 Å². The molecule has 0 saturated carbocycles. The molecule has 0 bridgehead atoms. The molecule has 7 heteroatoms. The second-order valence-corrected chi connectivity index (χ2v) is 6.10. The first-order chi connectivity index (χ1) is 9.90. The Labute approximate surface area is 130 Å². The van der Waals surface area contributed by atoms with Crippen molar-refractivity contribution in [1.82, 2.24) is 4.90 Å². The Kier molecular flexibility index (Phi) is 5.37. The predicted octanol–water partition coefficient (Wildman–Crippen LogP) is 3.14. The molecule has 3 nitrogen and oxygen atoms in total. The van der Waals surface area contributed by atoms with Crippen LogP contribution in [0.25, 0.3) is 0 Å². The summed E-state index contributed by atoms with van der Waals surface area (Å²) in [4.78, 5) is 2.55. The lowest BCUT2D eigenvalue weighted by atomic mass is 10.2. The number of methoxy groups -OCH3 is 1. The van der Waals surface area contributed by atoms with Crippen LogP contribution in [0.2, 0.25) is 0 Å². The minimum atomic E-state index is -4.19. The summed E-state index contributed by atoms with van der Waals surface area (Å²) in [5, 5.41) is 0. The minimum absolute atomic E-state index is 0.0000471. The lowest BCUT2D eigenvalue weighted by Crippen LogP contribution is -2.49. The quantitative estimate of drug-likeness (QED) is 0.761. The van der Waals surface area contributed by atoms with Crippen molar-refractivity contribution in [1.29, 1.82) is 0 Å². The maximum Gasteiger partial charge on any atom is 0.402 e. The molecule has 1 aromatic carbocycles. The number of hydrogen-bond acceptors (Lipinski definition) is 3. The number of hydrogen-bond donors (Lipinski definition) is 0. The highest BCUT2D eigenvalue weighted by Crippen LogP contribution is 2.27. The van der Waals surface area contributed by atoms with Crippen LogP contribution in [0.1, 0.15) is 0 Å². The Morgan fingerprint density at radius 2 is 1.71 bits per heavy atom. The Morgan fingerprint density at radius 3 is 2.19 bits per heavy atom. The first kappa shape index (κ1) is 16.4. The number of benzene rings is 1. The molecular weight excluding hydrogens is 349 g/mol. The number of anilines is 1. The zero-order valence-corrected chi connectivity index (χ0v) is 13.3. The van der Waals surface area contributed by atoms with Crippen molar-refractivity contribution in [2.45, 2.75) is 11.0 Å². The Hall–Kier alpha value is -0.950. The van der Waals surface area contributed by atoms with Crippen LogP contribution in [0.4, 0.5) is 18.9 Å². The van der Waals surface area contributed by atoms with Gasteiger partial charge in [-0.3, -0.25) is 4.90 Å². The molecule has 1 fully saturated rings. The van der Waals surface area contributed by atoms with Crippen LogP contribution in [0.5, 0.6) is 5.75 Å². The zero-order chi connectivity index (χ0) is 15.5. The third-order valence-corrected chi connectivity index (χ3v) is 4.39. The normalized spacial score (nSPS) is 18.6. The fourth-order valence-corrected chi connectivity index (χ4v) is 2.72. The van der Waals surface area contributed by atoms with Crippen molar-refractivity contribution in [3.8, 4) is 5.75 Å². The summed E-state index contributed by atoms with van der Waals surface area (Å²) >= 11 is 2.72. The van der Waals surface area contributed by atoms with E-state index in [1.54, 1.807) is 7.11 Å². The summed E-state index contributed by atoms with van der Waals surface area (Å²) in [7, 11) is 1.62. The topological polar surface area (TPSA) is 15.7 Å². The largest absolute Gasteiger partial charge is 0.497 e. The average molecular weight is 367 g/mol. The van der Waals surface area contributed by atoms with Gasteiger partial charge in [0.05, 0.1) is 7.11 Å². The third kappa shape index (κ3) is 4.51. The highest BCUT2D eigenvalue weighted by molar-refractivity contribution is 9.09. The molecule has 0 aliphatic carbocycles. The average Bonchev–Trinajstić information content (AvgIpc) is 2.47. The molecule has 0 amide bonds. The van der Waals surface area contributed by atoms with Gasteiger partial charge in [0, 0.05) is 38.4 Å². The first-order valence-corrected chi connectivity index (χ1v) is 7.64. The fraction of sp³-hybridized carbons (Fsp3) is 0.571. The Balaban J connectivity index is 1.85. The van der Waals surface area contributed by atoms with E-state index in [0.717, 1.165) is 24.5 Å². The maximum atomic E-state index is 12.5. The number of alkyl halides is 4. The highest BCUT2D eigenvalue weighted by Gasteiger charge is 2.38. The van der Waals surface area contributed by atoms with Crippen LogP contribution in [-0.2, 0) is 0 Å². The molecule has 2 rings (SSSR count). The van der Waals surface area contributed by atoms with Gasteiger partial charge in [-0.2, -0.15) is 13.2 Å². The van der Waals surface area contributed by atoms with E-state index in [1.807, 2.05) is 29.2 Å². The van der Waals surface area contributed by atoms with E-state index in [4.69, 9.17) is 4.74 Å². The van der Waals surface area contributed by atoms with Gasteiger partial charge >= 0.3 is 6.18 Å². The van der Waals surface area contributed by atoms with Crippen LogP contribution in [0.3, 0.4) is 0 Å². The summed E-state index contributed by atoms with van der Waals surface area (Å²) in [5.41, 5.74) is 1.07. The molecule has 1 aliphatic heterocycles. The number of rotatable bonds is 4. The summed E-state index contributed by atoms with van der Waals surface area (Å²) in [6.45, 7) is 2.71. The fourth-order valence-electron chi connectivity index (χ4n) is 2.31. The number of piperazine rings is 1. The van der Waals surface area contributed by atoms with E-state index in [0.29, 0.717) is 13.1 Å². The van der Waals surface area contributed by atoms with Gasteiger partial charge in [-0.1, -0.05) is 15.9 Å². The van der Waals surface area contributed by atoms with Gasteiger partial charge in [-0.05, 0) is 24.3 Å². The second-order valence-electron chi connectivity index (χ2n) is 4.99. The third-order valence-electron chi connectivity index (χ3n) is 3.58. The number of halogens is 4. The standard InChI is InChI=1S/C14H18BrF3N2O/c1-21-12-4-2-11(3-5-12)20-8-6-19(7-9-20)10-13(15)14(16,17)18/h2-5,13H,6-10H2,1H3. The SMILES string of the molecule is COc1ccc(N2CCN(CC(Br)C(F)(F)F)CC2)cc1. The molecule has 0 aromatic heterocycles. The monoisotopic (exact) mass is 366 g/mol. The van der Waals surface area contributed by atoms with Crippen LogP contribution in [0, 0.1) is 0 Å². The van der Waals surface area contributed by atoms with Crippen LogP contribution in [-0.4, -0.2) is 55.7 Å². The summed E-state index contributed by atoms with van der Waals surface area (Å²) < 4.78 is 42.7. The van der Waals surface area contributed by atoms with Crippen molar-refractivity contribution in [2.75, 3.05) is 44.7 Å². The molecule has 1 saturated heterocycles. The van der Waals surface area contributed by atoms with Crippen LogP contribution in [0.15, 0.2) is 24.3 Å². The van der Waals surface area contributed by atoms with Crippen molar-refractivity contribution in [3.63, 3.8) is 0 Å². The number of ether oxygens (including phenoxy) is 1. The molecule has 118 valence electrons. The molecule has 1 aromatic rings. The van der Waals surface area contributed by atoms with E-state index in [1.165, 1.54) is 0 Å². The summed E-state index contributed by atoms with van der Waals surface area (Å²) in [5.74, 6) is 0.796. The molecular formula is C14H18BrF3N2O. The van der Waals surface area contributed by atoms with Gasteiger partial charge in [0.25, 0.3) is 0 Å². The molecule has 0 N–H and O–H groups in total. The van der Waals surface area contributed by atoms with Gasteiger partial charge in [-0.25, -0.2) is 0 Å². The lowest BCUT2D eigenvalue weighted by molar-refractivity contribution is -0.130. The van der Waals surface area contributed by atoms with Crippen molar-refractivity contribution < 1.29 is 17.9 Å². The molecule has 1 aliphatic rings. The smallest absolute Gasteiger partial charge is 0.402 e. The molecule has 1 atom stereocenters. The zero-order valence-electron chi connectivity index (χ0n) is 11.7. The van der Waals surface area contributed by atoms with Crippen LogP contribution >= 0.6 is 15.9 Å².